The fourth-order valence-electron chi connectivity index (χ4n) is 4.37. The minimum Gasteiger partial charge on any atom is -0.357 e. The van der Waals surface area contributed by atoms with Gasteiger partial charge in [0.05, 0.1) is 0 Å². The quantitative estimate of drug-likeness (QED) is 0.322. The van der Waals surface area contributed by atoms with E-state index in [1.165, 1.54) is 31.2 Å². The standard InChI is InChI=1S/C22H37N5OS.HI/c1-3-29(28)20-10-8-9-19(16-20)26-22(23-2)25-17-18-11-12-24-21(15-18)27-13-6-4-5-7-14-27;/h11-12,15,19-20H,3-10,13-14,16-17H2,1-2H3,(H2,23,25,26);1H. The zero-order valence-electron chi connectivity index (χ0n) is 18.4. The molecule has 3 atom stereocenters. The summed E-state index contributed by atoms with van der Waals surface area (Å²) in [7, 11) is 1.11. The zero-order chi connectivity index (χ0) is 20.5. The molecule has 1 aliphatic carbocycles. The Labute approximate surface area is 201 Å². The Morgan fingerprint density at radius 1 is 1.23 bits per heavy atom. The number of nitrogens with one attached hydrogen (secondary N) is 2. The lowest BCUT2D eigenvalue weighted by molar-refractivity contribution is 0.413. The molecule has 1 aromatic rings. The molecule has 1 aromatic heterocycles. The first-order valence-electron chi connectivity index (χ1n) is 11.2. The maximum Gasteiger partial charge on any atom is 0.191 e. The molecule has 0 aromatic carbocycles. The third-order valence-corrected chi connectivity index (χ3v) is 7.79. The number of pyridine rings is 1. The molecule has 2 fully saturated rings. The van der Waals surface area contributed by atoms with Crippen LogP contribution in [0.3, 0.4) is 0 Å². The number of hydrogen-bond acceptors (Lipinski definition) is 4. The van der Waals surface area contributed by atoms with Gasteiger partial charge in [0.1, 0.15) is 5.82 Å². The molecule has 6 nitrogen and oxygen atoms in total. The molecular formula is C22H38IN5OS. The van der Waals surface area contributed by atoms with Gasteiger partial charge < -0.3 is 15.5 Å². The molecular weight excluding hydrogens is 509 g/mol. The molecule has 0 radical (unpaired) electrons. The van der Waals surface area contributed by atoms with Crippen LogP contribution in [0.2, 0.25) is 0 Å². The normalized spacial score (nSPS) is 23.8. The Bertz CT molecular complexity index is 694. The summed E-state index contributed by atoms with van der Waals surface area (Å²) in [6.07, 6.45) is 11.4. The van der Waals surface area contributed by atoms with Crippen LogP contribution in [-0.2, 0) is 17.3 Å². The first-order valence-corrected chi connectivity index (χ1v) is 12.6. The Balaban J connectivity index is 0.00000320. The lowest BCUT2D eigenvalue weighted by atomic mass is 9.95. The van der Waals surface area contributed by atoms with Gasteiger partial charge in [-0.1, -0.05) is 26.2 Å². The van der Waals surface area contributed by atoms with Crippen molar-refractivity contribution in [1.29, 1.82) is 0 Å². The van der Waals surface area contributed by atoms with Crippen molar-refractivity contribution in [2.24, 2.45) is 4.99 Å². The first kappa shape index (κ1) is 25.4. The zero-order valence-corrected chi connectivity index (χ0v) is 21.6. The number of guanidine groups is 1. The molecule has 3 unspecified atom stereocenters. The van der Waals surface area contributed by atoms with Crippen molar-refractivity contribution in [2.45, 2.75) is 76.1 Å². The summed E-state index contributed by atoms with van der Waals surface area (Å²) in [5, 5.41) is 7.32. The van der Waals surface area contributed by atoms with E-state index < -0.39 is 10.8 Å². The lowest BCUT2D eigenvalue weighted by Crippen LogP contribution is -2.46. The third kappa shape index (κ3) is 7.66. The van der Waals surface area contributed by atoms with Crippen LogP contribution in [0.4, 0.5) is 5.82 Å². The molecule has 3 rings (SSSR count). The Hall–Kier alpha value is -0.900. The second-order valence-corrected chi connectivity index (χ2v) is 10.2. The van der Waals surface area contributed by atoms with Gasteiger partial charge >= 0.3 is 0 Å². The predicted molar refractivity (Wildman–Crippen MR) is 138 cm³/mol. The number of aliphatic imine (C=N–C) groups is 1. The second-order valence-electron chi connectivity index (χ2n) is 8.15. The van der Waals surface area contributed by atoms with E-state index in [2.05, 4.69) is 37.6 Å². The van der Waals surface area contributed by atoms with Gasteiger partial charge in [0, 0.05) is 60.7 Å². The van der Waals surface area contributed by atoms with Gasteiger partial charge in [-0.2, -0.15) is 0 Å². The van der Waals surface area contributed by atoms with Crippen molar-refractivity contribution < 1.29 is 4.21 Å². The topological polar surface area (TPSA) is 69.6 Å². The maximum atomic E-state index is 12.2. The number of hydrogen-bond donors (Lipinski definition) is 2. The van der Waals surface area contributed by atoms with E-state index in [0.717, 1.165) is 62.8 Å². The van der Waals surface area contributed by atoms with E-state index in [-0.39, 0.29) is 24.0 Å². The highest BCUT2D eigenvalue weighted by molar-refractivity contribution is 14.0. The number of halogens is 1. The van der Waals surface area contributed by atoms with Crippen LogP contribution in [0.5, 0.6) is 0 Å². The molecule has 0 spiro atoms. The lowest BCUT2D eigenvalue weighted by Gasteiger charge is -2.30. The average molecular weight is 548 g/mol. The summed E-state index contributed by atoms with van der Waals surface area (Å²) >= 11 is 0. The van der Waals surface area contributed by atoms with Crippen LogP contribution < -0.4 is 15.5 Å². The van der Waals surface area contributed by atoms with Crippen LogP contribution in [0, 0.1) is 0 Å². The molecule has 2 aliphatic rings. The summed E-state index contributed by atoms with van der Waals surface area (Å²) in [6.45, 7) is 4.95. The van der Waals surface area contributed by atoms with Gasteiger partial charge in [-0.15, -0.1) is 24.0 Å². The average Bonchev–Trinajstić information content (AvgIpc) is 3.06. The largest absolute Gasteiger partial charge is 0.357 e. The van der Waals surface area contributed by atoms with Crippen LogP contribution in [0.15, 0.2) is 23.3 Å². The highest BCUT2D eigenvalue weighted by Gasteiger charge is 2.26. The monoisotopic (exact) mass is 547 g/mol. The second kappa shape index (κ2) is 13.5. The van der Waals surface area contributed by atoms with E-state index >= 15 is 0 Å². The number of aromatic nitrogens is 1. The molecule has 0 bridgehead atoms. The fourth-order valence-corrected chi connectivity index (χ4v) is 5.72. The first-order chi connectivity index (χ1) is 14.2. The molecule has 1 saturated carbocycles. The van der Waals surface area contributed by atoms with Crippen molar-refractivity contribution in [3.8, 4) is 0 Å². The van der Waals surface area contributed by atoms with Gasteiger partial charge in [0.15, 0.2) is 5.96 Å². The van der Waals surface area contributed by atoms with Gasteiger partial charge in [-0.05, 0) is 49.8 Å². The van der Waals surface area contributed by atoms with Crippen LogP contribution in [0.1, 0.15) is 63.9 Å². The molecule has 170 valence electrons. The van der Waals surface area contributed by atoms with Crippen molar-refractivity contribution in [1.82, 2.24) is 15.6 Å². The number of nitrogens with zero attached hydrogens (tertiary/aromatic N) is 3. The summed E-state index contributed by atoms with van der Waals surface area (Å²) in [5.41, 5.74) is 1.22. The molecule has 2 heterocycles. The molecule has 30 heavy (non-hydrogen) atoms. The number of rotatable bonds is 6. The maximum absolute atomic E-state index is 12.2. The Morgan fingerprint density at radius 2 is 2.00 bits per heavy atom. The molecule has 0 amide bonds. The van der Waals surface area contributed by atoms with Gasteiger partial charge in [0.25, 0.3) is 0 Å². The molecule has 1 saturated heterocycles. The third-order valence-electron chi connectivity index (χ3n) is 6.05. The molecule has 8 heteroatoms. The minimum absolute atomic E-state index is 0. The van der Waals surface area contributed by atoms with Crippen LogP contribution in [0.25, 0.3) is 0 Å². The summed E-state index contributed by atoms with van der Waals surface area (Å²) in [6, 6.07) is 4.62. The van der Waals surface area contributed by atoms with E-state index in [9.17, 15) is 4.21 Å². The summed E-state index contributed by atoms with van der Waals surface area (Å²) < 4.78 is 12.2. The summed E-state index contributed by atoms with van der Waals surface area (Å²) in [5.74, 6) is 2.67. The van der Waals surface area contributed by atoms with E-state index in [1.807, 2.05) is 20.2 Å². The van der Waals surface area contributed by atoms with Gasteiger partial charge in [-0.3, -0.25) is 9.20 Å². The molecule has 2 N–H and O–H groups in total. The number of anilines is 1. The summed E-state index contributed by atoms with van der Waals surface area (Å²) in [4.78, 5) is 11.4. The molecule has 1 aliphatic heterocycles. The Kier molecular flexibility index (Phi) is 11.4. The van der Waals surface area contributed by atoms with Crippen molar-refractivity contribution in [2.75, 3.05) is 30.8 Å². The van der Waals surface area contributed by atoms with Gasteiger partial charge in [0.2, 0.25) is 0 Å². The van der Waals surface area contributed by atoms with Gasteiger partial charge in [-0.25, -0.2) is 4.98 Å². The highest BCUT2D eigenvalue weighted by Crippen LogP contribution is 2.23. The highest BCUT2D eigenvalue weighted by atomic mass is 127. The van der Waals surface area contributed by atoms with Crippen LogP contribution >= 0.6 is 24.0 Å². The van der Waals surface area contributed by atoms with Crippen LogP contribution in [-0.4, -0.2) is 52.3 Å². The van der Waals surface area contributed by atoms with E-state index in [1.54, 1.807) is 0 Å². The predicted octanol–water partition coefficient (Wildman–Crippen LogP) is 3.82. The minimum atomic E-state index is -0.703. The van der Waals surface area contributed by atoms with E-state index in [0.29, 0.717) is 11.3 Å². The van der Waals surface area contributed by atoms with Crippen molar-refractivity contribution in [3.63, 3.8) is 0 Å². The fraction of sp³-hybridized carbons (Fsp3) is 0.727. The SMILES string of the molecule is CCS(=O)C1CCCC(NC(=NC)NCc2ccnc(N3CCCCCC3)c2)C1.I. The van der Waals surface area contributed by atoms with Crippen molar-refractivity contribution in [3.05, 3.63) is 23.9 Å². The Morgan fingerprint density at radius 3 is 2.70 bits per heavy atom. The van der Waals surface area contributed by atoms with Crippen molar-refractivity contribution >= 4 is 46.6 Å². The van der Waals surface area contributed by atoms with E-state index in [4.69, 9.17) is 0 Å². The smallest absolute Gasteiger partial charge is 0.191 e.